The van der Waals surface area contributed by atoms with Crippen LogP contribution in [0.1, 0.15) is 37.0 Å². The SMILES string of the molecule is CC1(C)CCC(COc2c(Cl)cccc2C(=O)O)O1. The summed E-state index contributed by atoms with van der Waals surface area (Å²) < 4.78 is 11.4. The van der Waals surface area contributed by atoms with Gasteiger partial charge in [-0.25, -0.2) is 4.79 Å². The van der Waals surface area contributed by atoms with Gasteiger partial charge in [-0.05, 0) is 38.8 Å². The molecule has 0 aliphatic carbocycles. The van der Waals surface area contributed by atoms with E-state index in [2.05, 4.69) is 0 Å². The van der Waals surface area contributed by atoms with E-state index in [1.165, 1.54) is 6.07 Å². The standard InChI is InChI=1S/C14H17ClO4/c1-14(2)7-6-9(19-14)8-18-12-10(13(16)17)4-3-5-11(12)15/h3-5,9H,6-8H2,1-2H3,(H,16,17). The highest BCUT2D eigenvalue weighted by Crippen LogP contribution is 2.32. The van der Waals surface area contributed by atoms with E-state index in [1.54, 1.807) is 12.1 Å². The number of rotatable bonds is 4. The number of hydrogen-bond donors (Lipinski definition) is 1. The van der Waals surface area contributed by atoms with Crippen LogP contribution < -0.4 is 4.74 Å². The van der Waals surface area contributed by atoms with E-state index in [4.69, 9.17) is 26.2 Å². The predicted octanol–water partition coefficient (Wildman–Crippen LogP) is 3.37. The fraction of sp³-hybridized carbons (Fsp3) is 0.500. The number of carboxylic acids is 1. The molecule has 1 unspecified atom stereocenters. The van der Waals surface area contributed by atoms with Crippen LogP contribution in [0.4, 0.5) is 0 Å². The second-order valence-corrected chi connectivity index (χ2v) is 5.68. The van der Waals surface area contributed by atoms with Gasteiger partial charge in [-0.15, -0.1) is 0 Å². The molecule has 0 saturated carbocycles. The third-order valence-corrected chi connectivity index (χ3v) is 3.46. The maximum Gasteiger partial charge on any atom is 0.339 e. The zero-order valence-corrected chi connectivity index (χ0v) is 11.7. The summed E-state index contributed by atoms with van der Waals surface area (Å²) in [5.74, 6) is -0.838. The van der Waals surface area contributed by atoms with Crippen molar-refractivity contribution in [1.29, 1.82) is 0 Å². The van der Waals surface area contributed by atoms with Gasteiger partial charge >= 0.3 is 5.97 Å². The number of carboxylic acid groups (broad SMARTS) is 1. The Morgan fingerprint density at radius 2 is 2.32 bits per heavy atom. The molecule has 1 atom stereocenters. The summed E-state index contributed by atoms with van der Waals surface area (Å²) in [5.41, 5.74) is -0.0609. The molecule has 1 heterocycles. The van der Waals surface area contributed by atoms with E-state index in [1.807, 2.05) is 13.8 Å². The van der Waals surface area contributed by atoms with Crippen LogP contribution in [0, 0.1) is 0 Å². The first-order chi connectivity index (χ1) is 8.89. The quantitative estimate of drug-likeness (QED) is 0.921. The van der Waals surface area contributed by atoms with Crippen LogP contribution >= 0.6 is 11.6 Å². The minimum atomic E-state index is -1.05. The van der Waals surface area contributed by atoms with Crippen molar-refractivity contribution in [3.63, 3.8) is 0 Å². The van der Waals surface area contributed by atoms with Crippen LogP contribution in [-0.4, -0.2) is 29.4 Å². The molecule has 1 aliphatic rings. The smallest absolute Gasteiger partial charge is 0.339 e. The van der Waals surface area contributed by atoms with Gasteiger partial charge in [0.05, 0.1) is 16.7 Å². The third kappa shape index (κ3) is 3.39. The lowest BCUT2D eigenvalue weighted by atomic mass is 10.1. The first-order valence-corrected chi connectivity index (χ1v) is 6.59. The summed E-state index contributed by atoms with van der Waals surface area (Å²) in [5, 5.41) is 9.40. The van der Waals surface area contributed by atoms with Gasteiger partial charge in [0.1, 0.15) is 12.2 Å². The lowest BCUT2D eigenvalue weighted by Gasteiger charge is -2.20. The molecular weight excluding hydrogens is 268 g/mol. The molecule has 0 amide bonds. The van der Waals surface area contributed by atoms with Crippen molar-refractivity contribution < 1.29 is 19.4 Å². The number of carbonyl (C=O) groups is 1. The Morgan fingerprint density at radius 3 is 2.89 bits per heavy atom. The Bertz CT molecular complexity index is 484. The zero-order valence-electron chi connectivity index (χ0n) is 11.0. The van der Waals surface area contributed by atoms with Gasteiger partial charge in [0.2, 0.25) is 0 Å². The van der Waals surface area contributed by atoms with E-state index >= 15 is 0 Å². The lowest BCUT2D eigenvalue weighted by Crippen LogP contribution is -2.24. The van der Waals surface area contributed by atoms with Gasteiger partial charge in [-0.1, -0.05) is 17.7 Å². The Kier molecular flexibility index (Phi) is 4.02. The second-order valence-electron chi connectivity index (χ2n) is 5.27. The van der Waals surface area contributed by atoms with Gasteiger partial charge in [0.25, 0.3) is 0 Å². The summed E-state index contributed by atoms with van der Waals surface area (Å²) in [6.45, 7) is 4.38. The Balaban J connectivity index is 2.06. The molecule has 2 rings (SSSR count). The highest BCUT2D eigenvalue weighted by Gasteiger charge is 2.32. The summed E-state index contributed by atoms with van der Waals surface area (Å²) in [6.07, 6.45) is 1.85. The highest BCUT2D eigenvalue weighted by atomic mass is 35.5. The average Bonchev–Trinajstić information content (AvgIpc) is 2.67. The van der Waals surface area contributed by atoms with Crippen molar-refractivity contribution in [2.45, 2.75) is 38.4 Å². The van der Waals surface area contributed by atoms with Crippen LogP contribution in [0.25, 0.3) is 0 Å². The largest absolute Gasteiger partial charge is 0.488 e. The first kappa shape index (κ1) is 14.2. The fourth-order valence-electron chi connectivity index (χ4n) is 2.20. The minimum Gasteiger partial charge on any atom is -0.488 e. The van der Waals surface area contributed by atoms with Gasteiger partial charge < -0.3 is 14.6 Å². The summed E-state index contributed by atoms with van der Waals surface area (Å²) in [6, 6.07) is 4.68. The lowest BCUT2D eigenvalue weighted by molar-refractivity contribution is -0.0327. The number of ether oxygens (including phenoxy) is 2. The first-order valence-electron chi connectivity index (χ1n) is 6.21. The average molecular weight is 285 g/mol. The predicted molar refractivity (Wildman–Crippen MR) is 72.1 cm³/mol. The monoisotopic (exact) mass is 284 g/mol. The number of hydrogen-bond acceptors (Lipinski definition) is 3. The molecule has 1 aromatic carbocycles. The molecular formula is C14H17ClO4. The Hall–Kier alpha value is -1.26. The van der Waals surface area contributed by atoms with Crippen molar-refractivity contribution in [1.82, 2.24) is 0 Å². The Morgan fingerprint density at radius 1 is 1.58 bits per heavy atom. The maximum absolute atomic E-state index is 11.1. The molecule has 104 valence electrons. The van der Waals surface area contributed by atoms with E-state index < -0.39 is 5.97 Å². The summed E-state index contributed by atoms with van der Waals surface area (Å²) in [4.78, 5) is 11.1. The zero-order chi connectivity index (χ0) is 14.0. The van der Waals surface area contributed by atoms with Gasteiger partial charge in [-0.2, -0.15) is 0 Å². The molecule has 1 aromatic rings. The second kappa shape index (κ2) is 5.39. The molecule has 1 N–H and O–H groups in total. The van der Waals surface area contributed by atoms with Gasteiger partial charge in [-0.3, -0.25) is 0 Å². The van der Waals surface area contributed by atoms with Crippen molar-refractivity contribution in [3.8, 4) is 5.75 Å². The van der Waals surface area contributed by atoms with E-state index in [-0.39, 0.29) is 23.0 Å². The number of para-hydroxylation sites is 1. The number of halogens is 1. The van der Waals surface area contributed by atoms with Crippen LogP contribution in [0.5, 0.6) is 5.75 Å². The Labute approximate surface area is 117 Å². The van der Waals surface area contributed by atoms with Gasteiger partial charge in [0.15, 0.2) is 5.75 Å². The normalized spacial score (nSPS) is 21.3. The van der Waals surface area contributed by atoms with E-state index in [0.717, 1.165) is 12.8 Å². The molecule has 0 radical (unpaired) electrons. The summed E-state index contributed by atoms with van der Waals surface area (Å²) in [7, 11) is 0. The van der Waals surface area contributed by atoms with Crippen LogP contribution in [0.3, 0.4) is 0 Å². The van der Waals surface area contributed by atoms with Crippen LogP contribution in [0.15, 0.2) is 18.2 Å². The van der Waals surface area contributed by atoms with E-state index in [0.29, 0.717) is 11.6 Å². The van der Waals surface area contributed by atoms with Gasteiger partial charge in [0, 0.05) is 0 Å². The minimum absolute atomic E-state index is 0.0204. The molecule has 1 fully saturated rings. The highest BCUT2D eigenvalue weighted by molar-refractivity contribution is 6.32. The molecule has 0 aromatic heterocycles. The molecule has 1 aliphatic heterocycles. The van der Waals surface area contributed by atoms with Crippen molar-refractivity contribution in [2.75, 3.05) is 6.61 Å². The third-order valence-electron chi connectivity index (χ3n) is 3.17. The molecule has 0 spiro atoms. The van der Waals surface area contributed by atoms with Crippen LogP contribution in [-0.2, 0) is 4.74 Å². The maximum atomic E-state index is 11.1. The molecule has 1 saturated heterocycles. The number of benzene rings is 1. The topological polar surface area (TPSA) is 55.8 Å². The molecule has 4 nitrogen and oxygen atoms in total. The van der Waals surface area contributed by atoms with Crippen molar-refractivity contribution in [3.05, 3.63) is 28.8 Å². The van der Waals surface area contributed by atoms with E-state index in [9.17, 15) is 4.79 Å². The molecule has 5 heteroatoms. The molecule has 0 bridgehead atoms. The number of aromatic carboxylic acids is 1. The fourth-order valence-corrected chi connectivity index (χ4v) is 2.42. The van der Waals surface area contributed by atoms with Crippen molar-refractivity contribution >= 4 is 17.6 Å². The van der Waals surface area contributed by atoms with Crippen molar-refractivity contribution in [2.24, 2.45) is 0 Å². The summed E-state index contributed by atoms with van der Waals surface area (Å²) >= 11 is 5.99. The van der Waals surface area contributed by atoms with Crippen LogP contribution in [0.2, 0.25) is 5.02 Å². The molecule has 19 heavy (non-hydrogen) atoms.